The van der Waals surface area contributed by atoms with Gasteiger partial charge in [0.15, 0.2) is 0 Å². The van der Waals surface area contributed by atoms with E-state index in [1.165, 1.54) is 18.2 Å². The van der Waals surface area contributed by atoms with Gasteiger partial charge in [0.05, 0.1) is 16.8 Å². The van der Waals surface area contributed by atoms with E-state index in [4.69, 9.17) is 0 Å². The van der Waals surface area contributed by atoms with Crippen molar-refractivity contribution in [3.8, 4) is 0 Å². The Labute approximate surface area is 145 Å². The second-order valence-corrected chi connectivity index (χ2v) is 6.16. The molecule has 1 aliphatic heterocycles. The summed E-state index contributed by atoms with van der Waals surface area (Å²) in [5.74, 6) is 0.147. The molecule has 1 amide bonds. The molecule has 1 aromatic heterocycles. The first-order chi connectivity index (χ1) is 12.1. The minimum atomic E-state index is -0.495. The van der Waals surface area contributed by atoms with Gasteiger partial charge >= 0.3 is 0 Å². The van der Waals surface area contributed by atoms with E-state index in [1.807, 2.05) is 12.3 Å². The molecule has 0 spiro atoms. The van der Waals surface area contributed by atoms with E-state index in [0.29, 0.717) is 18.0 Å². The van der Waals surface area contributed by atoms with E-state index < -0.39 is 4.92 Å². The van der Waals surface area contributed by atoms with Crippen LogP contribution in [0.1, 0.15) is 23.2 Å². The zero-order valence-electron chi connectivity index (χ0n) is 13.8. The number of nitro benzene ring substituents is 1. The lowest BCUT2D eigenvalue weighted by atomic mass is 9.96. The Kier molecular flexibility index (Phi) is 5.23. The van der Waals surface area contributed by atoms with Crippen LogP contribution in [-0.4, -0.2) is 35.4 Å². The second kappa shape index (κ2) is 7.74. The maximum absolute atomic E-state index is 12.2. The zero-order chi connectivity index (χ0) is 17.6. The number of anilines is 1. The van der Waals surface area contributed by atoms with Gasteiger partial charge in [0.2, 0.25) is 0 Å². The number of carbonyl (C=O) groups excluding carboxylic acids is 1. The van der Waals surface area contributed by atoms with E-state index in [2.05, 4.69) is 21.3 Å². The van der Waals surface area contributed by atoms with Gasteiger partial charge in [-0.1, -0.05) is 6.07 Å². The number of nitrogens with zero attached hydrogens (tertiary/aromatic N) is 3. The van der Waals surface area contributed by atoms with Gasteiger partial charge in [0.1, 0.15) is 0 Å². The van der Waals surface area contributed by atoms with Crippen LogP contribution in [0.3, 0.4) is 0 Å². The van der Waals surface area contributed by atoms with Crippen LogP contribution in [-0.2, 0) is 0 Å². The Hall–Kier alpha value is -2.96. The molecule has 0 bridgehead atoms. The fourth-order valence-electron chi connectivity index (χ4n) is 3.04. The molecule has 1 N–H and O–H groups in total. The van der Waals surface area contributed by atoms with Gasteiger partial charge in [-0.05, 0) is 37.0 Å². The van der Waals surface area contributed by atoms with Crippen molar-refractivity contribution < 1.29 is 9.72 Å². The van der Waals surface area contributed by atoms with Crippen LogP contribution < -0.4 is 10.2 Å². The van der Waals surface area contributed by atoms with Crippen molar-refractivity contribution in [1.29, 1.82) is 0 Å². The van der Waals surface area contributed by atoms with Crippen LogP contribution in [0, 0.1) is 16.0 Å². The van der Waals surface area contributed by atoms with Crippen LogP contribution in [0.15, 0.2) is 48.8 Å². The van der Waals surface area contributed by atoms with E-state index in [-0.39, 0.29) is 11.6 Å². The highest BCUT2D eigenvalue weighted by molar-refractivity contribution is 5.94. The third-order valence-electron chi connectivity index (χ3n) is 4.50. The standard InChI is InChI=1S/C18H20N4O3/c23-18(15-3-1-4-16(11-15)22(24)25)20-12-14-6-9-21(10-7-14)17-5-2-8-19-13-17/h1-5,8,11,13-14H,6-7,9-10,12H2,(H,20,23). The monoisotopic (exact) mass is 340 g/mol. The number of hydrogen-bond donors (Lipinski definition) is 1. The van der Waals surface area contributed by atoms with Crippen molar-refractivity contribution >= 4 is 17.3 Å². The van der Waals surface area contributed by atoms with Gasteiger partial charge in [0.25, 0.3) is 11.6 Å². The minimum Gasteiger partial charge on any atom is -0.370 e. The summed E-state index contributed by atoms with van der Waals surface area (Å²) in [7, 11) is 0. The SMILES string of the molecule is O=C(NCC1CCN(c2cccnc2)CC1)c1cccc([N+](=O)[O-])c1. The van der Waals surface area contributed by atoms with Crippen molar-refractivity contribution in [3.63, 3.8) is 0 Å². The van der Waals surface area contributed by atoms with Gasteiger partial charge in [-0.25, -0.2) is 0 Å². The molecule has 1 aromatic carbocycles. The number of nitro groups is 1. The van der Waals surface area contributed by atoms with Gasteiger partial charge < -0.3 is 10.2 Å². The first kappa shape index (κ1) is 16.9. The second-order valence-electron chi connectivity index (χ2n) is 6.16. The fourth-order valence-corrected chi connectivity index (χ4v) is 3.04. The zero-order valence-corrected chi connectivity index (χ0v) is 13.8. The van der Waals surface area contributed by atoms with Gasteiger partial charge in [-0.15, -0.1) is 0 Å². The molecular formula is C18H20N4O3. The summed E-state index contributed by atoms with van der Waals surface area (Å²) in [5.41, 5.74) is 1.38. The first-order valence-corrected chi connectivity index (χ1v) is 8.31. The fraction of sp³-hybridized carbons (Fsp3) is 0.333. The molecule has 3 rings (SSSR count). The molecule has 0 atom stereocenters. The van der Waals surface area contributed by atoms with E-state index in [9.17, 15) is 14.9 Å². The van der Waals surface area contributed by atoms with Crippen molar-refractivity contribution in [1.82, 2.24) is 10.3 Å². The lowest BCUT2D eigenvalue weighted by Crippen LogP contribution is -2.38. The summed E-state index contributed by atoms with van der Waals surface area (Å²) in [6, 6.07) is 9.79. The molecule has 1 saturated heterocycles. The largest absolute Gasteiger partial charge is 0.370 e. The molecule has 1 fully saturated rings. The Morgan fingerprint density at radius 1 is 1.28 bits per heavy atom. The molecule has 0 aliphatic carbocycles. The third-order valence-corrected chi connectivity index (χ3v) is 4.50. The molecule has 7 nitrogen and oxygen atoms in total. The summed E-state index contributed by atoms with van der Waals surface area (Å²) < 4.78 is 0. The lowest BCUT2D eigenvalue weighted by molar-refractivity contribution is -0.384. The lowest BCUT2D eigenvalue weighted by Gasteiger charge is -2.33. The van der Waals surface area contributed by atoms with Crippen LogP contribution in [0.4, 0.5) is 11.4 Å². The number of benzene rings is 1. The number of hydrogen-bond acceptors (Lipinski definition) is 5. The minimum absolute atomic E-state index is 0.0718. The Balaban J connectivity index is 1.49. The number of nitrogens with one attached hydrogen (secondary N) is 1. The number of pyridine rings is 1. The number of amides is 1. The average molecular weight is 340 g/mol. The molecule has 1 aliphatic rings. The average Bonchev–Trinajstić information content (AvgIpc) is 2.67. The molecule has 0 saturated carbocycles. The predicted octanol–water partition coefficient (Wildman–Crippen LogP) is 2.64. The normalized spacial score (nSPS) is 15.0. The van der Waals surface area contributed by atoms with Crippen LogP contribution in [0.2, 0.25) is 0 Å². The summed E-state index contributed by atoms with van der Waals surface area (Å²) in [4.78, 5) is 28.9. The topological polar surface area (TPSA) is 88.4 Å². The number of rotatable bonds is 5. The van der Waals surface area contributed by atoms with Crippen molar-refractivity contribution in [2.24, 2.45) is 5.92 Å². The highest BCUT2D eigenvalue weighted by Crippen LogP contribution is 2.22. The molecule has 2 heterocycles. The number of aromatic nitrogens is 1. The quantitative estimate of drug-likeness (QED) is 0.668. The van der Waals surface area contributed by atoms with Crippen molar-refractivity contribution in [3.05, 3.63) is 64.5 Å². The highest BCUT2D eigenvalue weighted by Gasteiger charge is 2.20. The van der Waals surface area contributed by atoms with Crippen LogP contribution >= 0.6 is 0 Å². The summed E-state index contributed by atoms with van der Waals surface area (Å²) in [6.45, 7) is 2.45. The third kappa shape index (κ3) is 4.32. The molecule has 7 heteroatoms. The van der Waals surface area contributed by atoms with E-state index in [1.54, 1.807) is 12.3 Å². The summed E-state index contributed by atoms with van der Waals surface area (Å²) in [5, 5.41) is 13.7. The molecular weight excluding hydrogens is 320 g/mol. The van der Waals surface area contributed by atoms with Crippen LogP contribution in [0.5, 0.6) is 0 Å². The van der Waals surface area contributed by atoms with Gasteiger partial charge in [-0.3, -0.25) is 19.9 Å². The van der Waals surface area contributed by atoms with E-state index in [0.717, 1.165) is 31.6 Å². The summed E-state index contributed by atoms with van der Waals surface area (Å²) >= 11 is 0. The molecule has 0 unspecified atom stereocenters. The predicted molar refractivity (Wildman–Crippen MR) is 94.6 cm³/mol. The molecule has 130 valence electrons. The Bertz CT molecular complexity index is 743. The Morgan fingerprint density at radius 3 is 2.76 bits per heavy atom. The van der Waals surface area contributed by atoms with E-state index >= 15 is 0 Å². The number of carbonyl (C=O) groups is 1. The maximum atomic E-state index is 12.2. The van der Waals surface area contributed by atoms with Gasteiger partial charge in [-0.2, -0.15) is 0 Å². The first-order valence-electron chi connectivity index (χ1n) is 8.31. The van der Waals surface area contributed by atoms with Crippen molar-refractivity contribution in [2.75, 3.05) is 24.5 Å². The van der Waals surface area contributed by atoms with Crippen LogP contribution in [0.25, 0.3) is 0 Å². The maximum Gasteiger partial charge on any atom is 0.270 e. The smallest absolute Gasteiger partial charge is 0.270 e. The molecule has 25 heavy (non-hydrogen) atoms. The number of piperidine rings is 1. The highest BCUT2D eigenvalue weighted by atomic mass is 16.6. The van der Waals surface area contributed by atoms with Crippen molar-refractivity contribution in [2.45, 2.75) is 12.8 Å². The van der Waals surface area contributed by atoms with Gasteiger partial charge in [0, 0.05) is 43.5 Å². The molecule has 2 aromatic rings. The molecule has 0 radical (unpaired) electrons. The number of non-ortho nitro benzene ring substituents is 1. The summed E-state index contributed by atoms with van der Waals surface area (Å²) in [6.07, 6.45) is 5.61. The Morgan fingerprint density at radius 2 is 2.08 bits per heavy atom.